The number of ether oxygens (including phenoxy) is 1. The quantitative estimate of drug-likeness (QED) is 0.657. The van der Waals surface area contributed by atoms with Crippen LogP contribution in [0, 0.1) is 6.92 Å². The molecule has 2 amide bonds. The van der Waals surface area contributed by atoms with Crippen molar-refractivity contribution in [3.8, 4) is 5.75 Å². The molecule has 4 N–H and O–H groups in total. The number of nitrogens with one attached hydrogen (secondary N) is 1. The molecule has 2 rings (SSSR count). The van der Waals surface area contributed by atoms with Crippen LogP contribution in [0.3, 0.4) is 0 Å². The predicted molar refractivity (Wildman–Crippen MR) is 83.6 cm³/mol. The van der Waals surface area contributed by atoms with Crippen LogP contribution >= 0.6 is 0 Å². The number of hydrogen-bond acceptors (Lipinski definition) is 5. The van der Waals surface area contributed by atoms with Gasteiger partial charge in [0.05, 0.1) is 23.4 Å². The molecule has 2 heterocycles. The van der Waals surface area contributed by atoms with Gasteiger partial charge in [-0.2, -0.15) is 5.10 Å². The van der Waals surface area contributed by atoms with Crippen molar-refractivity contribution in [2.75, 3.05) is 13.2 Å². The molecule has 0 aliphatic heterocycles. The van der Waals surface area contributed by atoms with Gasteiger partial charge in [-0.15, -0.1) is 0 Å². The van der Waals surface area contributed by atoms with E-state index in [1.165, 1.54) is 29.8 Å². The number of nitrogens with zero attached hydrogens (tertiary/aromatic N) is 2. The fraction of sp³-hybridized carbons (Fsp3) is 0.400. The van der Waals surface area contributed by atoms with Gasteiger partial charge in [0.1, 0.15) is 17.9 Å². The second-order valence-electron chi connectivity index (χ2n) is 5.66. The van der Waals surface area contributed by atoms with Gasteiger partial charge in [0.25, 0.3) is 12.3 Å². The first-order valence-electron chi connectivity index (χ1n) is 7.31. The number of carbonyl (C=O) groups excluding carboxylic acids is 2. The number of fused-ring (bicyclic) bond motifs is 1. The molecule has 0 spiro atoms. The molecule has 0 saturated heterocycles. The van der Waals surface area contributed by atoms with Crippen molar-refractivity contribution in [3.05, 3.63) is 29.6 Å². The fourth-order valence-electron chi connectivity index (χ4n) is 2.17. The number of aromatic nitrogens is 2. The summed E-state index contributed by atoms with van der Waals surface area (Å²) in [7, 11) is 0. The summed E-state index contributed by atoms with van der Waals surface area (Å²) in [6, 6.07) is 2.82. The van der Waals surface area contributed by atoms with Crippen molar-refractivity contribution >= 4 is 17.3 Å². The van der Waals surface area contributed by atoms with Gasteiger partial charge in [0.15, 0.2) is 0 Å². The van der Waals surface area contributed by atoms with Gasteiger partial charge >= 0.3 is 0 Å². The maximum absolute atomic E-state index is 12.6. The van der Waals surface area contributed by atoms with E-state index in [0.717, 1.165) is 0 Å². The Morgan fingerprint density at radius 2 is 2.20 bits per heavy atom. The molecular weight excluding hydrogens is 338 g/mol. The fourth-order valence-corrected chi connectivity index (χ4v) is 2.17. The summed E-state index contributed by atoms with van der Waals surface area (Å²) < 4.78 is 30.9. The topological polar surface area (TPSA) is 119 Å². The van der Waals surface area contributed by atoms with Crippen molar-refractivity contribution in [2.24, 2.45) is 5.73 Å². The van der Waals surface area contributed by atoms with Gasteiger partial charge in [-0.3, -0.25) is 9.59 Å². The van der Waals surface area contributed by atoms with Crippen LogP contribution in [0.2, 0.25) is 0 Å². The highest BCUT2D eigenvalue weighted by atomic mass is 19.3. The zero-order chi connectivity index (χ0) is 18.8. The van der Waals surface area contributed by atoms with Crippen molar-refractivity contribution in [1.82, 2.24) is 14.9 Å². The second kappa shape index (κ2) is 7.01. The Hall–Kier alpha value is -2.75. The third-order valence-electron chi connectivity index (χ3n) is 3.63. The number of carbonyl (C=O) groups is 2. The smallest absolute Gasteiger partial charge is 0.272 e. The Bertz CT molecular complexity index is 808. The number of aliphatic hydroxyl groups excluding tert-OH is 1. The first-order valence-corrected chi connectivity index (χ1v) is 7.31. The summed E-state index contributed by atoms with van der Waals surface area (Å²) in [6.07, 6.45) is -1.18. The first-order chi connectivity index (χ1) is 11.7. The molecule has 136 valence electrons. The third-order valence-corrected chi connectivity index (χ3v) is 3.63. The molecule has 0 aromatic carbocycles. The van der Waals surface area contributed by atoms with E-state index in [-0.39, 0.29) is 11.3 Å². The van der Waals surface area contributed by atoms with E-state index in [4.69, 9.17) is 10.5 Å². The molecule has 1 unspecified atom stereocenters. The normalized spacial score (nSPS) is 13.7. The molecule has 0 aliphatic carbocycles. The maximum atomic E-state index is 12.6. The van der Waals surface area contributed by atoms with Gasteiger partial charge in [-0.25, -0.2) is 13.3 Å². The average molecular weight is 356 g/mol. The molecule has 1 atom stereocenters. The van der Waals surface area contributed by atoms with Crippen molar-refractivity contribution in [3.63, 3.8) is 0 Å². The van der Waals surface area contributed by atoms with Gasteiger partial charge in [0.2, 0.25) is 5.91 Å². The van der Waals surface area contributed by atoms with Crippen LogP contribution < -0.4 is 15.8 Å². The number of primary amides is 1. The molecule has 0 fully saturated rings. The number of aliphatic hydroxyl groups is 1. The number of halogens is 2. The number of pyridine rings is 1. The van der Waals surface area contributed by atoms with Crippen molar-refractivity contribution < 1.29 is 28.2 Å². The van der Waals surface area contributed by atoms with E-state index in [0.29, 0.717) is 11.2 Å². The van der Waals surface area contributed by atoms with Crippen LogP contribution in [-0.4, -0.2) is 51.7 Å². The Kier molecular flexibility index (Phi) is 5.21. The highest BCUT2D eigenvalue weighted by Gasteiger charge is 2.33. The standard InChI is InChI=1S/C15H18F2N4O4/c1-8-12(13(23)19-15(2,7-22)14(18)24)10-5-9(25-6-11(16)17)3-4-21(10)20-8/h3-5,11,22H,6-7H2,1-2H3,(H2,18,24)(H,19,23). The monoisotopic (exact) mass is 356 g/mol. The van der Waals surface area contributed by atoms with E-state index >= 15 is 0 Å². The van der Waals surface area contributed by atoms with Gasteiger partial charge in [-0.1, -0.05) is 0 Å². The van der Waals surface area contributed by atoms with Gasteiger partial charge in [-0.05, 0) is 19.9 Å². The van der Waals surface area contributed by atoms with Crippen LogP contribution in [0.15, 0.2) is 18.3 Å². The lowest BCUT2D eigenvalue weighted by molar-refractivity contribution is -0.124. The number of nitrogens with two attached hydrogens (primary N) is 1. The molecule has 0 aliphatic rings. The summed E-state index contributed by atoms with van der Waals surface area (Å²) >= 11 is 0. The van der Waals surface area contributed by atoms with Crippen LogP contribution in [0.1, 0.15) is 23.0 Å². The lowest BCUT2D eigenvalue weighted by Crippen LogP contribution is -2.57. The molecule has 2 aromatic heterocycles. The largest absolute Gasteiger partial charge is 0.488 e. The third kappa shape index (κ3) is 3.85. The number of alkyl halides is 2. The average Bonchev–Trinajstić information content (AvgIpc) is 2.87. The van der Waals surface area contributed by atoms with Crippen LogP contribution in [-0.2, 0) is 4.79 Å². The Morgan fingerprint density at radius 1 is 1.52 bits per heavy atom. The second-order valence-corrected chi connectivity index (χ2v) is 5.66. The summed E-state index contributed by atoms with van der Waals surface area (Å²) in [6.45, 7) is 1.39. The summed E-state index contributed by atoms with van der Waals surface area (Å²) in [5, 5.41) is 15.8. The lowest BCUT2D eigenvalue weighted by atomic mass is 10.0. The van der Waals surface area contributed by atoms with E-state index in [1.807, 2.05) is 0 Å². The van der Waals surface area contributed by atoms with Gasteiger partial charge < -0.3 is 20.9 Å². The summed E-state index contributed by atoms with van der Waals surface area (Å²) in [5.41, 5.74) is 4.30. The number of rotatable bonds is 7. The highest BCUT2D eigenvalue weighted by molar-refractivity contribution is 6.04. The zero-order valence-electron chi connectivity index (χ0n) is 13.6. The lowest BCUT2D eigenvalue weighted by Gasteiger charge is -2.24. The summed E-state index contributed by atoms with van der Waals surface area (Å²) in [4.78, 5) is 24.0. The first kappa shape index (κ1) is 18.6. The zero-order valence-corrected chi connectivity index (χ0v) is 13.6. The molecular formula is C15H18F2N4O4. The number of aryl methyl sites for hydroxylation is 1. The molecule has 2 aromatic rings. The highest BCUT2D eigenvalue weighted by Crippen LogP contribution is 2.21. The minimum atomic E-state index is -2.63. The minimum absolute atomic E-state index is 0.114. The number of amides is 2. The Morgan fingerprint density at radius 3 is 2.76 bits per heavy atom. The summed E-state index contributed by atoms with van der Waals surface area (Å²) in [5.74, 6) is -1.45. The van der Waals surface area contributed by atoms with Crippen LogP contribution in [0.25, 0.3) is 5.52 Å². The SMILES string of the molecule is Cc1nn2ccc(OCC(F)F)cc2c1C(=O)NC(C)(CO)C(N)=O. The minimum Gasteiger partial charge on any atom is -0.488 e. The van der Waals surface area contributed by atoms with Gasteiger partial charge in [0, 0.05) is 12.3 Å². The van der Waals surface area contributed by atoms with Crippen molar-refractivity contribution in [1.29, 1.82) is 0 Å². The Balaban J connectivity index is 2.39. The van der Waals surface area contributed by atoms with Crippen LogP contribution in [0.4, 0.5) is 8.78 Å². The molecule has 8 nitrogen and oxygen atoms in total. The molecule has 25 heavy (non-hydrogen) atoms. The Labute approximate surface area is 141 Å². The molecule has 0 bridgehead atoms. The number of hydrogen-bond donors (Lipinski definition) is 3. The maximum Gasteiger partial charge on any atom is 0.272 e. The predicted octanol–water partition coefficient (Wildman–Crippen LogP) is 0.253. The molecule has 10 heteroatoms. The van der Waals surface area contributed by atoms with Crippen molar-refractivity contribution in [2.45, 2.75) is 25.8 Å². The van der Waals surface area contributed by atoms with Crippen LogP contribution in [0.5, 0.6) is 5.75 Å². The van der Waals surface area contributed by atoms with E-state index < -0.39 is 37.0 Å². The van der Waals surface area contributed by atoms with E-state index in [9.17, 15) is 23.5 Å². The van der Waals surface area contributed by atoms with E-state index in [2.05, 4.69) is 10.4 Å². The molecule has 0 radical (unpaired) electrons. The van der Waals surface area contributed by atoms with E-state index in [1.54, 1.807) is 6.92 Å². The molecule has 0 saturated carbocycles.